The summed E-state index contributed by atoms with van der Waals surface area (Å²) in [6.07, 6.45) is 3.12. The molecule has 1 aliphatic rings. The van der Waals surface area contributed by atoms with Gasteiger partial charge in [-0.2, -0.15) is 0 Å². The quantitative estimate of drug-likeness (QED) is 0.661. The monoisotopic (exact) mass is 368 g/mol. The molecular formula is C19H20N4O4. The van der Waals surface area contributed by atoms with Gasteiger partial charge in [0.1, 0.15) is 5.75 Å². The van der Waals surface area contributed by atoms with Gasteiger partial charge in [0.05, 0.1) is 24.3 Å². The average molecular weight is 368 g/mol. The van der Waals surface area contributed by atoms with Crippen LogP contribution in [-0.4, -0.2) is 42.9 Å². The predicted molar refractivity (Wildman–Crippen MR) is 98.6 cm³/mol. The molecule has 1 aliphatic heterocycles. The molecule has 140 valence electrons. The SMILES string of the molecule is COc1cccc2c1NC(=O)C[C@H]2C(=O)NCCNC(=O)c1cccnc1. The van der Waals surface area contributed by atoms with Crippen LogP contribution in [0.4, 0.5) is 5.69 Å². The number of para-hydroxylation sites is 1. The van der Waals surface area contributed by atoms with Crippen LogP contribution >= 0.6 is 0 Å². The standard InChI is InChI=1S/C19H20N4O4/c1-27-15-6-2-5-13-14(10-16(24)23-17(13)15)19(26)22-9-8-21-18(25)12-4-3-7-20-11-12/h2-7,11,14H,8-10H2,1H3,(H,21,25)(H,22,26)(H,23,24)/t14-/m1/s1. The first-order valence-corrected chi connectivity index (χ1v) is 8.53. The Morgan fingerprint density at radius 3 is 2.78 bits per heavy atom. The van der Waals surface area contributed by atoms with E-state index in [2.05, 4.69) is 20.9 Å². The number of rotatable bonds is 6. The highest BCUT2D eigenvalue weighted by atomic mass is 16.5. The van der Waals surface area contributed by atoms with Crippen molar-refractivity contribution in [2.24, 2.45) is 0 Å². The molecule has 0 bridgehead atoms. The highest BCUT2D eigenvalue weighted by Gasteiger charge is 2.32. The number of nitrogens with one attached hydrogen (secondary N) is 3. The minimum Gasteiger partial charge on any atom is -0.495 e. The van der Waals surface area contributed by atoms with Crippen LogP contribution in [0.2, 0.25) is 0 Å². The van der Waals surface area contributed by atoms with Gasteiger partial charge in [-0.05, 0) is 23.8 Å². The number of hydrogen-bond donors (Lipinski definition) is 3. The number of ether oxygens (including phenoxy) is 1. The Balaban J connectivity index is 1.57. The first-order chi connectivity index (χ1) is 13.1. The molecule has 8 heteroatoms. The minimum atomic E-state index is -0.599. The lowest BCUT2D eigenvalue weighted by Crippen LogP contribution is -2.39. The van der Waals surface area contributed by atoms with E-state index in [1.807, 2.05) is 0 Å². The van der Waals surface area contributed by atoms with E-state index in [1.165, 1.54) is 13.3 Å². The molecule has 0 aliphatic carbocycles. The highest BCUT2D eigenvalue weighted by Crippen LogP contribution is 2.38. The Kier molecular flexibility index (Phi) is 5.65. The zero-order chi connectivity index (χ0) is 19.2. The lowest BCUT2D eigenvalue weighted by atomic mass is 9.89. The lowest BCUT2D eigenvalue weighted by molar-refractivity contribution is -0.126. The second kappa shape index (κ2) is 8.31. The summed E-state index contributed by atoms with van der Waals surface area (Å²) in [5.74, 6) is -0.851. The van der Waals surface area contributed by atoms with Gasteiger partial charge in [-0.1, -0.05) is 12.1 Å². The lowest BCUT2D eigenvalue weighted by Gasteiger charge is -2.26. The molecule has 1 aromatic carbocycles. The van der Waals surface area contributed by atoms with Crippen LogP contribution < -0.4 is 20.7 Å². The summed E-state index contributed by atoms with van der Waals surface area (Å²) >= 11 is 0. The van der Waals surface area contributed by atoms with Gasteiger partial charge in [0.15, 0.2) is 0 Å². The number of anilines is 1. The highest BCUT2D eigenvalue weighted by molar-refractivity contribution is 6.02. The Morgan fingerprint density at radius 2 is 2.04 bits per heavy atom. The van der Waals surface area contributed by atoms with Crippen molar-refractivity contribution in [1.29, 1.82) is 0 Å². The molecule has 0 radical (unpaired) electrons. The number of carbonyl (C=O) groups excluding carboxylic acids is 3. The summed E-state index contributed by atoms with van der Waals surface area (Å²) in [5, 5.41) is 8.24. The molecule has 0 saturated heterocycles. The van der Waals surface area contributed by atoms with Crippen molar-refractivity contribution in [2.45, 2.75) is 12.3 Å². The Hall–Kier alpha value is -3.42. The number of hydrogen-bond acceptors (Lipinski definition) is 5. The first-order valence-electron chi connectivity index (χ1n) is 8.53. The third-order valence-electron chi connectivity index (χ3n) is 4.26. The Morgan fingerprint density at radius 1 is 1.22 bits per heavy atom. The van der Waals surface area contributed by atoms with Gasteiger partial charge in [-0.25, -0.2) is 0 Å². The van der Waals surface area contributed by atoms with Crippen molar-refractivity contribution in [1.82, 2.24) is 15.6 Å². The average Bonchev–Trinajstić information content (AvgIpc) is 2.70. The molecule has 0 spiro atoms. The topological polar surface area (TPSA) is 109 Å². The van der Waals surface area contributed by atoms with Crippen LogP contribution in [0, 0.1) is 0 Å². The summed E-state index contributed by atoms with van der Waals surface area (Å²) in [7, 11) is 1.51. The van der Waals surface area contributed by atoms with Gasteiger partial charge in [0.25, 0.3) is 5.91 Å². The van der Waals surface area contributed by atoms with Crippen molar-refractivity contribution >= 4 is 23.4 Å². The molecule has 0 unspecified atom stereocenters. The van der Waals surface area contributed by atoms with E-state index in [0.717, 1.165) is 0 Å². The second-order valence-corrected chi connectivity index (χ2v) is 6.02. The van der Waals surface area contributed by atoms with Crippen LogP contribution in [0.3, 0.4) is 0 Å². The fourth-order valence-electron chi connectivity index (χ4n) is 2.95. The molecule has 3 N–H and O–H groups in total. The molecular weight excluding hydrogens is 348 g/mol. The fourth-order valence-corrected chi connectivity index (χ4v) is 2.95. The van der Waals surface area contributed by atoms with Crippen LogP contribution in [0.25, 0.3) is 0 Å². The maximum absolute atomic E-state index is 12.6. The third kappa shape index (κ3) is 4.22. The van der Waals surface area contributed by atoms with Crippen molar-refractivity contribution in [3.05, 3.63) is 53.9 Å². The van der Waals surface area contributed by atoms with E-state index in [0.29, 0.717) is 22.6 Å². The maximum atomic E-state index is 12.6. The number of carbonyl (C=O) groups is 3. The molecule has 3 amide bonds. The number of nitrogens with zero attached hydrogens (tertiary/aromatic N) is 1. The van der Waals surface area contributed by atoms with Crippen LogP contribution in [0.1, 0.15) is 28.3 Å². The number of pyridine rings is 1. The van der Waals surface area contributed by atoms with Crippen LogP contribution in [0.5, 0.6) is 5.75 Å². The molecule has 2 aromatic rings. The largest absolute Gasteiger partial charge is 0.495 e. The zero-order valence-electron chi connectivity index (χ0n) is 14.8. The first kappa shape index (κ1) is 18.4. The van der Waals surface area contributed by atoms with Crippen LogP contribution in [0.15, 0.2) is 42.7 Å². The van der Waals surface area contributed by atoms with Gasteiger partial charge in [-0.3, -0.25) is 19.4 Å². The number of methoxy groups -OCH3 is 1. The van der Waals surface area contributed by atoms with Crippen molar-refractivity contribution in [2.75, 3.05) is 25.5 Å². The van der Waals surface area contributed by atoms with E-state index in [-0.39, 0.29) is 37.2 Å². The van der Waals surface area contributed by atoms with Gasteiger partial charge in [-0.15, -0.1) is 0 Å². The van der Waals surface area contributed by atoms with Gasteiger partial charge in [0, 0.05) is 31.9 Å². The van der Waals surface area contributed by atoms with E-state index in [4.69, 9.17) is 4.74 Å². The minimum absolute atomic E-state index is 0.0635. The van der Waals surface area contributed by atoms with Gasteiger partial charge in [0.2, 0.25) is 11.8 Å². The number of amides is 3. The molecule has 0 saturated carbocycles. The van der Waals surface area contributed by atoms with Gasteiger partial charge >= 0.3 is 0 Å². The Bertz CT molecular complexity index is 854. The number of aromatic nitrogens is 1. The molecule has 0 fully saturated rings. The molecule has 2 heterocycles. The molecule has 1 aromatic heterocycles. The van der Waals surface area contributed by atoms with Crippen molar-refractivity contribution in [3.8, 4) is 5.75 Å². The van der Waals surface area contributed by atoms with Crippen molar-refractivity contribution in [3.63, 3.8) is 0 Å². The summed E-state index contributed by atoms with van der Waals surface area (Å²) in [5.41, 5.74) is 1.70. The number of fused-ring (bicyclic) bond motifs is 1. The molecule has 3 rings (SSSR count). The summed E-state index contributed by atoms with van der Waals surface area (Å²) < 4.78 is 5.26. The molecule has 1 atom stereocenters. The van der Waals surface area contributed by atoms with E-state index >= 15 is 0 Å². The van der Waals surface area contributed by atoms with E-state index in [9.17, 15) is 14.4 Å². The smallest absolute Gasteiger partial charge is 0.252 e. The number of benzene rings is 1. The van der Waals surface area contributed by atoms with E-state index in [1.54, 1.807) is 36.5 Å². The zero-order valence-corrected chi connectivity index (χ0v) is 14.8. The molecule has 8 nitrogen and oxygen atoms in total. The van der Waals surface area contributed by atoms with Crippen molar-refractivity contribution < 1.29 is 19.1 Å². The van der Waals surface area contributed by atoms with E-state index < -0.39 is 5.92 Å². The Labute approximate surface area is 156 Å². The molecule has 27 heavy (non-hydrogen) atoms. The third-order valence-corrected chi connectivity index (χ3v) is 4.26. The second-order valence-electron chi connectivity index (χ2n) is 6.02. The fraction of sp³-hybridized carbons (Fsp3) is 0.263. The normalized spacial score (nSPS) is 15.3. The van der Waals surface area contributed by atoms with Crippen LogP contribution in [-0.2, 0) is 9.59 Å². The summed E-state index contributed by atoms with van der Waals surface area (Å²) in [6, 6.07) is 8.64. The predicted octanol–water partition coefficient (Wildman–Crippen LogP) is 1.06. The summed E-state index contributed by atoms with van der Waals surface area (Å²) in [6.45, 7) is 0.519. The van der Waals surface area contributed by atoms with Gasteiger partial charge < -0.3 is 20.7 Å². The maximum Gasteiger partial charge on any atom is 0.252 e. The summed E-state index contributed by atoms with van der Waals surface area (Å²) in [4.78, 5) is 40.4.